The van der Waals surface area contributed by atoms with Gasteiger partial charge in [0.1, 0.15) is 23.3 Å². The Bertz CT molecular complexity index is 1050. The Labute approximate surface area is 172 Å². The lowest BCUT2D eigenvalue weighted by Crippen LogP contribution is -2.53. The molecule has 0 bridgehead atoms. The summed E-state index contributed by atoms with van der Waals surface area (Å²) in [6.45, 7) is 3.98. The number of ether oxygens (including phenoxy) is 1. The second kappa shape index (κ2) is 7.35. The van der Waals surface area contributed by atoms with Crippen LogP contribution in [0.4, 0.5) is 5.82 Å². The van der Waals surface area contributed by atoms with E-state index in [2.05, 4.69) is 26.2 Å². The lowest BCUT2D eigenvalue weighted by Gasteiger charge is -2.46. The molecule has 4 rings (SSSR count). The van der Waals surface area contributed by atoms with Gasteiger partial charge >= 0.3 is 0 Å². The molecular weight excluding hydrogens is 392 g/mol. The molecule has 148 valence electrons. The average Bonchev–Trinajstić information content (AvgIpc) is 3.21. The largest absolute Gasteiger partial charge is 0.485 e. The van der Waals surface area contributed by atoms with Crippen LogP contribution in [-0.2, 0) is 6.54 Å². The topological polar surface area (TPSA) is 111 Å². The second-order valence-electron chi connectivity index (χ2n) is 7.34. The molecule has 0 spiro atoms. The van der Waals surface area contributed by atoms with E-state index in [1.165, 1.54) is 0 Å². The molecule has 3 heterocycles. The lowest BCUT2D eigenvalue weighted by molar-refractivity contribution is -0.0592. The summed E-state index contributed by atoms with van der Waals surface area (Å²) in [5, 5.41) is 29.1. The zero-order valence-electron chi connectivity index (χ0n) is 15.9. The van der Waals surface area contributed by atoms with Crippen LogP contribution in [0, 0.1) is 11.3 Å². The smallest absolute Gasteiger partial charge is 0.152 e. The Morgan fingerprint density at radius 3 is 2.79 bits per heavy atom. The number of nitriles is 1. The van der Waals surface area contributed by atoms with Gasteiger partial charge in [0.25, 0.3) is 0 Å². The maximum Gasteiger partial charge on any atom is 0.152 e. The standard InChI is InChI=1S/C20H19ClN6O2/c1-20(2)19(28)18(13-9-12(10-22)3-4-14(13)29-20)27(11-16-23-7-8-24-16)17-6-5-15(21)25-26-17/h3-9,18-19,28H,11H2,1-2H3,(H,23,24)/t18?,19-/m1/s1. The van der Waals surface area contributed by atoms with Crippen LogP contribution in [0.5, 0.6) is 5.75 Å². The third-order valence-electron chi connectivity index (χ3n) is 4.96. The SMILES string of the molecule is CC1(C)Oc2ccc(C#N)cc2C(N(Cc2ncc[nH]2)c2ccc(Cl)nn2)[C@H]1O. The highest BCUT2D eigenvalue weighted by Crippen LogP contribution is 2.44. The molecule has 0 saturated carbocycles. The number of nitrogens with one attached hydrogen (secondary N) is 1. The van der Waals surface area contributed by atoms with Crippen LogP contribution in [0.25, 0.3) is 0 Å². The van der Waals surface area contributed by atoms with Crippen LogP contribution in [0.3, 0.4) is 0 Å². The summed E-state index contributed by atoms with van der Waals surface area (Å²) in [4.78, 5) is 9.27. The molecule has 2 N–H and O–H groups in total. The molecule has 0 amide bonds. The molecule has 9 heteroatoms. The molecule has 1 unspecified atom stereocenters. The van der Waals surface area contributed by atoms with Gasteiger partial charge in [0, 0.05) is 18.0 Å². The second-order valence-corrected chi connectivity index (χ2v) is 7.72. The van der Waals surface area contributed by atoms with E-state index in [1.54, 1.807) is 42.7 Å². The lowest BCUT2D eigenvalue weighted by atomic mass is 9.85. The van der Waals surface area contributed by atoms with Gasteiger partial charge in [-0.2, -0.15) is 5.26 Å². The number of halogens is 1. The number of hydrogen-bond acceptors (Lipinski definition) is 7. The van der Waals surface area contributed by atoms with Crippen molar-refractivity contribution in [3.8, 4) is 11.8 Å². The van der Waals surface area contributed by atoms with E-state index in [0.29, 0.717) is 35.1 Å². The van der Waals surface area contributed by atoms with Crippen LogP contribution in [0.2, 0.25) is 5.15 Å². The van der Waals surface area contributed by atoms with Crippen molar-refractivity contribution in [2.75, 3.05) is 4.90 Å². The highest BCUT2D eigenvalue weighted by Gasteiger charge is 2.46. The average molecular weight is 411 g/mol. The molecule has 1 aromatic carbocycles. The van der Waals surface area contributed by atoms with Gasteiger partial charge in [-0.25, -0.2) is 4.98 Å². The van der Waals surface area contributed by atoms with E-state index in [0.717, 1.165) is 0 Å². The van der Waals surface area contributed by atoms with Gasteiger partial charge in [-0.3, -0.25) is 0 Å². The minimum atomic E-state index is -0.920. The summed E-state index contributed by atoms with van der Waals surface area (Å²) < 4.78 is 6.03. The maximum atomic E-state index is 11.3. The quantitative estimate of drug-likeness (QED) is 0.680. The highest BCUT2D eigenvalue weighted by atomic mass is 35.5. The first-order valence-electron chi connectivity index (χ1n) is 9.04. The minimum absolute atomic E-state index is 0.270. The Kier molecular flexibility index (Phi) is 4.86. The van der Waals surface area contributed by atoms with Crippen molar-refractivity contribution in [1.82, 2.24) is 20.2 Å². The molecule has 0 fully saturated rings. The summed E-state index contributed by atoms with van der Waals surface area (Å²) in [5.41, 5.74) is 0.302. The number of rotatable bonds is 4. The summed E-state index contributed by atoms with van der Waals surface area (Å²) in [5.74, 6) is 1.81. The van der Waals surface area contributed by atoms with Crippen molar-refractivity contribution in [1.29, 1.82) is 5.26 Å². The fourth-order valence-corrected chi connectivity index (χ4v) is 3.61. The van der Waals surface area contributed by atoms with Crippen molar-refractivity contribution < 1.29 is 9.84 Å². The molecule has 0 aliphatic carbocycles. The molecule has 0 saturated heterocycles. The number of nitrogens with zero attached hydrogens (tertiary/aromatic N) is 5. The molecule has 1 aliphatic rings. The zero-order chi connectivity index (χ0) is 20.6. The highest BCUT2D eigenvalue weighted by molar-refractivity contribution is 6.29. The first kappa shape index (κ1) is 19.2. The fraction of sp³-hybridized carbons (Fsp3) is 0.300. The number of aliphatic hydroxyl groups excluding tert-OH is 1. The molecule has 2 aromatic heterocycles. The monoisotopic (exact) mass is 410 g/mol. The molecule has 8 nitrogen and oxygen atoms in total. The van der Waals surface area contributed by atoms with E-state index in [4.69, 9.17) is 16.3 Å². The third-order valence-corrected chi connectivity index (χ3v) is 5.17. The molecular formula is C20H19ClN6O2. The maximum absolute atomic E-state index is 11.3. The number of aliphatic hydroxyl groups is 1. The van der Waals surface area contributed by atoms with Gasteiger partial charge in [-0.1, -0.05) is 11.6 Å². The van der Waals surface area contributed by atoms with Crippen molar-refractivity contribution in [3.63, 3.8) is 0 Å². The van der Waals surface area contributed by atoms with Crippen LogP contribution in [0.1, 0.15) is 36.8 Å². The van der Waals surface area contributed by atoms with Gasteiger partial charge in [0.2, 0.25) is 0 Å². The van der Waals surface area contributed by atoms with Gasteiger partial charge in [-0.15, -0.1) is 10.2 Å². The van der Waals surface area contributed by atoms with Crippen LogP contribution in [0.15, 0.2) is 42.7 Å². The Morgan fingerprint density at radius 1 is 1.31 bits per heavy atom. The van der Waals surface area contributed by atoms with Crippen molar-refractivity contribution >= 4 is 17.4 Å². The minimum Gasteiger partial charge on any atom is -0.485 e. The number of H-pyrrole nitrogens is 1. The Hall–Kier alpha value is -3.15. The summed E-state index contributed by atoms with van der Waals surface area (Å²) in [7, 11) is 0. The molecule has 29 heavy (non-hydrogen) atoms. The normalized spacial score (nSPS) is 19.7. The van der Waals surface area contributed by atoms with E-state index >= 15 is 0 Å². The van der Waals surface area contributed by atoms with Crippen molar-refractivity contribution in [2.45, 2.75) is 38.1 Å². The number of benzene rings is 1. The molecule has 2 atom stereocenters. The van der Waals surface area contributed by atoms with Crippen molar-refractivity contribution in [2.24, 2.45) is 0 Å². The number of anilines is 1. The predicted octanol–water partition coefficient (Wildman–Crippen LogP) is 3.00. The van der Waals surface area contributed by atoms with E-state index in [9.17, 15) is 10.4 Å². The molecule has 1 aliphatic heterocycles. The first-order chi connectivity index (χ1) is 13.9. The van der Waals surface area contributed by atoms with E-state index in [-0.39, 0.29) is 5.15 Å². The molecule has 0 radical (unpaired) electrons. The van der Waals surface area contributed by atoms with Gasteiger partial charge in [0.15, 0.2) is 11.0 Å². The van der Waals surface area contributed by atoms with E-state index in [1.807, 2.05) is 18.7 Å². The first-order valence-corrected chi connectivity index (χ1v) is 9.42. The zero-order valence-corrected chi connectivity index (χ0v) is 16.6. The van der Waals surface area contributed by atoms with Crippen LogP contribution < -0.4 is 9.64 Å². The van der Waals surface area contributed by atoms with E-state index < -0.39 is 17.7 Å². The third kappa shape index (κ3) is 3.62. The summed E-state index contributed by atoms with van der Waals surface area (Å²) >= 11 is 5.92. The Morgan fingerprint density at radius 2 is 2.14 bits per heavy atom. The van der Waals surface area contributed by atoms with Crippen LogP contribution >= 0.6 is 11.6 Å². The number of aromatic nitrogens is 4. The number of imidazole rings is 1. The predicted molar refractivity (Wildman–Crippen MR) is 106 cm³/mol. The number of aromatic amines is 1. The van der Waals surface area contributed by atoms with Gasteiger partial charge in [0.05, 0.1) is 24.2 Å². The summed E-state index contributed by atoms with van der Waals surface area (Å²) in [6, 6.07) is 10.2. The van der Waals surface area contributed by atoms with Gasteiger partial charge < -0.3 is 19.7 Å². The van der Waals surface area contributed by atoms with Crippen LogP contribution in [-0.4, -0.2) is 37.0 Å². The summed E-state index contributed by atoms with van der Waals surface area (Å²) in [6.07, 6.45) is 2.47. The van der Waals surface area contributed by atoms with Gasteiger partial charge in [-0.05, 0) is 44.2 Å². The number of hydrogen-bond donors (Lipinski definition) is 2. The van der Waals surface area contributed by atoms with Crippen molar-refractivity contribution in [3.05, 3.63) is 64.8 Å². The Balaban J connectivity index is 1.88. The number of fused-ring (bicyclic) bond motifs is 1. The molecule has 3 aromatic rings. The fourth-order valence-electron chi connectivity index (χ4n) is 3.50.